The molecule has 0 fully saturated rings. The van der Waals surface area contributed by atoms with Gasteiger partial charge in [-0.2, -0.15) is 11.8 Å². The summed E-state index contributed by atoms with van der Waals surface area (Å²) in [5, 5.41) is 17.1. The summed E-state index contributed by atoms with van der Waals surface area (Å²) < 4.78 is 0. The fraction of sp³-hybridized carbons (Fsp3) is 0.542. The molecule has 0 bridgehead atoms. The quantitative estimate of drug-likeness (QED) is 0.171. The molecule has 0 spiro atoms. The number of aliphatic carboxylic acids is 1. The Hall–Kier alpha value is -3.12. The van der Waals surface area contributed by atoms with Crippen molar-refractivity contribution in [2.75, 3.05) is 12.0 Å². The minimum atomic E-state index is -1.34. The lowest BCUT2D eigenvalue weighted by atomic mass is 9.96. The highest BCUT2D eigenvalue weighted by molar-refractivity contribution is 7.98. The molecule has 200 valence electrons. The summed E-state index contributed by atoms with van der Waals surface area (Å²) >= 11 is 1.51. The third kappa shape index (κ3) is 10.6. The summed E-state index contributed by atoms with van der Waals surface area (Å²) in [7, 11) is 0. The van der Waals surface area contributed by atoms with E-state index in [1.807, 2.05) is 13.2 Å². The van der Waals surface area contributed by atoms with Crippen LogP contribution in [0.3, 0.4) is 0 Å². The normalized spacial score (nSPS) is 15.0. The number of nitrogens with two attached hydrogens (primary N) is 2. The van der Waals surface area contributed by atoms with Gasteiger partial charge in [-0.1, -0.05) is 50.6 Å². The lowest BCUT2D eigenvalue weighted by Gasteiger charge is -2.28. The van der Waals surface area contributed by atoms with Crippen LogP contribution in [0.15, 0.2) is 30.3 Å². The third-order valence-corrected chi connectivity index (χ3v) is 6.34. The van der Waals surface area contributed by atoms with Gasteiger partial charge in [-0.3, -0.25) is 19.2 Å². The molecule has 0 radical (unpaired) electrons. The number of carbonyl (C=O) groups is 5. The van der Waals surface area contributed by atoms with Crippen molar-refractivity contribution in [3.63, 3.8) is 0 Å². The van der Waals surface area contributed by atoms with Gasteiger partial charge in [-0.25, -0.2) is 4.79 Å². The van der Waals surface area contributed by atoms with Crippen molar-refractivity contribution in [3.05, 3.63) is 35.9 Å². The van der Waals surface area contributed by atoms with Crippen LogP contribution in [0.5, 0.6) is 0 Å². The van der Waals surface area contributed by atoms with Crippen molar-refractivity contribution in [1.82, 2.24) is 16.0 Å². The topological polar surface area (TPSA) is 194 Å². The van der Waals surface area contributed by atoms with E-state index in [0.717, 1.165) is 5.56 Å². The minimum absolute atomic E-state index is 0.0530. The lowest BCUT2D eigenvalue weighted by molar-refractivity contribution is -0.142. The molecule has 1 rings (SSSR count). The van der Waals surface area contributed by atoms with E-state index in [1.54, 1.807) is 37.3 Å². The Morgan fingerprint density at radius 3 is 2.11 bits per heavy atom. The van der Waals surface area contributed by atoms with Crippen molar-refractivity contribution in [1.29, 1.82) is 0 Å². The van der Waals surface area contributed by atoms with Crippen LogP contribution in [0.4, 0.5) is 0 Å². The number of rotatable bonds is 16. The molecule has 11 nitrogen and oxygen atoms in total. The van der Waals surface area contributed by atoms with Crippen molar-refractivity contribution < 1.29 is 29.1 Å². The van der Waals surface area contributed by atoms with Gasteiger partial charge in [0.1, 0.15) is 18.1 Å². The number of carboxylic acid groups (broad SMARTS) is 1. The number of nitrogens with one attached hydrogen (secondary N) is 3. The Kier molecular flexibility index (Phi) is 13.6. The molecule has 0 heterocycles. The molecule has 0 aliphatic heterocycles. The third-order valence-electron chi connectivity index (χ3n) is 5.70. The lowest BCUT2D eigenvalue weighted by Crippen LogP contribution is -2.59. The standard InChI is InChI=1S/C24H37N5O6S/c1-4-14(2)20(23(33)28-18(24(34)35)12-15-8-6-5-7-9-15)29-22(32)17(13-19(26)30)27-21(31)16(25)10-11-36-3/h5-9,14,16-18,20H,4,10-13,25H2,1-3H3,(H2,26,30)(H,27,31)(H,28,33)(H,29,32)(H,34,35). The van der Waals surface area contributed by atoms with Gasteiger partial charge in [0.05, 0.1) is 12.5 Å². The van der Waals surface area contributed by atoms with Crippen LogP contribution in [-0.2, 0) is 30.4 Å². The number of carbonyl (C=O) groups excluding carboxylic acids is 4. The van der Waals surface area contributed by atoms with Crippen molar-refractivity contribution in [2.24, 2.45) is 17.4 Å². The summed E-state index contributed by atoms with van der Waals surface area (Å²) in [5.41, 5.74) is 11.8. The highest BCUT2D eigenvalue weighted by Gasteiger charge is 2.33. The van der Waals surface area contributed by atoms with Crippen LogP contribution in [0.1, 0.15) is 38.7 Å². The second-order valence-electron chi connectivity index (χ2n) is 8.58. The highest BCUT2D eigenvalue weighted by atomic mass is 32.2. The van der Waals surface area contributed by atoms with E-state index in [9.17, 15) is 29.1 Å². The zero-order chi connectivity index (χ0) is 27.3. The molecule has 8 N–H and O–H groups in total. The molecule has 5 atom stereocenters. The Balaban J connectivity index is 3.01. The molecule has 12 heteroatoms. The van der Waals surface area contributed by atoms with Gasteiger partial charge >= 0.3 is 5.97 Å². The molecular weight excluding hydrogens is 486 g/mol. The Morgan fingerprint density at radius 1 is 0.972 bits per heavy atom. The molecule has 1 aromatic carbocycles. The fourth-order valence-electron chi connectivity index (χ4n) is 3.33. The number of amides is 4. The number of hydrogen-bond acceptors (Lipinski definition) is 7. The molecule has 1 aromatic rings. The van der Waals surface area contributed by atoms with Crippen molar-refractivity contribution >= 4 is 41.4 Å². The monoisotopic (exact) mass is 523 g/mol. The fourth-order valence-corrected chi connectivity index (χ4v) is 3.82. The second kappa shape index (κ2) is 15.8. The number of primary amides is 1. The molecule has 36 heavy (non-hydrogen) atoms. The van der Waals surface area contributed by atoms with E-state index in [-0.39, 0.29) is 12.3 Å². The van der Waals surface area contributed by atoms with E-state index in [4.69, 9.17) is 11.5 Å². The first kappa shape index (κ1) is 30.9. The van der Waals surface area contributed by atoms with Gasteiger partial charge < -0.3 is 32.5 Å². The van der Waals surface area contributed by atoms with Crippen LogP contribution < -0.4 is 27.4 Å². The maximum Gasteiger partial charge on any atom is 0.326 e. The van der Waals surface area contributed by atoms with Gasteiger partial charge in [0, 0.05) is 6.42 Å². The van der Waals surface area contributed by atoms with E-state index < -0.39 is 60.2 Å². The summed E-state index contributed by atoms with van der Waals surface area (Å²) in [4.78, 5) is 61.9. The molecule has 0 aromatic heterocycles. The maximum absolute atomic E-state index is 13.1. The summed E-state index contributed by atoms with van der Waals surface area (Å²) in [5.74, 6) is -3.91. The zero-order valence-electron chi connectivity index (χ0n) is 20.9. The molecule has 0 aliphatic carbocycles. The highest BCUT2D eigenvalue weighted by Crippen LogP contribution is 2.11. The summed E-state index contributed by atoms with van der Waals surface area (Å²) in [6.45, 7) is 3.53. The van der Waals surface area contributed by atoms with Gasteiger partial charge in [-0.05, 0) is 29.9 Å². The average molecular weight is 524 g/mol. The molecule has 0 saturated heterocycles. The van der Waals surface area contributed by atoms with E-state index in [0.29, 0.717) is 18.6 Å². The zero-order valence-corrected chi connectivity index (χ0v) is 21.7. The van der Waals surface area contributed by atoms with E-state index in [1.165, 1.54) is 11.8 Å². The number of hydrogen-bond donors (Lipinski definition) is 6. The minimum Gasteiger partial charge on any atom is -0.480 e. The van der Waals surface area contributed by atoms with Crippen LogP contribution in [-0.4, -0.2) is 70.9 Å². The van der Waals surface area contributed by atoms with Gasteiger partial charge in [-0.15, -0.1) is 0 Å². The maximum atomic E-state index is 13.1. The first-order valence-electron chi connectivity index (χ1n) is 11.7. The van der Waals surface area contributed by atoms with Crippen molar-refractivity contribution in [2.45, 2.75) is 63.7 Å². The predicted octanol–water partition coefficient (Wildman–Crippen LogP) is -0.230. The Bertz CT molecular complexity index is 900. The molecule has 0 saturated carbocycles. The Morgan fingerprint density at radius 2 is 1.58 bits per heavy atom. The van der Waals surface area contributed by atoms with Crippen LogP contribution >= 0.6 is 11.8 Å². The van der Waals surface area contributed by atoms with E-state index in [2.05, 4.69) is 16.0 Å². The molecule has 5 unspecified atom stereocenters. The van der Waals surface area contributed by atoms with Crippen molar-refractivity contribution in [3.8, 4) is 0 Å². The number of carboxylic acids is 1. The summed E-state index contributed by atoms with van der Waals surface area (Å²) in [6, 6.07) is 4.25. The number of thioether (sulfide) groups is 1. The SMILES string of the molecule is CCC(C)C(NC(=O)C(CC(N)=O)NC(=O)C(N)CCSC)C(=O)NC(Cc1ccccc1)C(=O)O. The first-order valence-corrected chi connectivity index (χ1v) is 13.1. The molecule has 4 amide bonds. The predicted molar refractivity (Wildman–Crippen MR) is 138 cm³/mol. The number of benzene rings is 1. The molecular formula is C24H37N5O6S. The van der Waals surface area contributed by atoms with E-state index >= 15 is 0 Å². The van der Waals surface area contributed by atoms with Crippen LogP contribution in [0, 0.1) is 5.92 Å². The Labute approximate surface area is 215 Å². The van der Waals surface area contributed by atoms with Gasteiger partial charge in [0.15, 0.2) is 0 Å². The van der Waals surface area contributed by atoms with Crippen LogP contribution in [0.2, 0.25) is 0 Å². The average Bonchev–Trinajstić information content (AvgIpc) is 2.84. The largest absolute Gasteiger partial charge is 0.480 e. The van der Waals surface area contributed by atoms with Crippen LogP contribution in [0.25, 0.3) is 0 Å². The smallest absolute Gasteiger partial charge is 0.326 e. The second-order valence-corrected chi connectivity index (χ2v) is 9.57. The first-order chi connectivity index (χ1) is 17.0. The van der Waals surface area contributed by atoms with Gasteiger partial charge in [0.2, 0.25) is 23.6 Å². The van der Waals surface area contributed by atoms with Gasteiger partial charge in [0.25, 0.3) is 0 Å². The summed E-state index contributed by atoms with van der Waals surface area (Å²) in [6.07, 6.45) is 2.28. The molecule has 0 aliphatic rings.